The van der Waals surface area contributed by atoms with Crippen LogP contribution in [0.25, 0.3) is 0 Å². The van der Waals surface area contributed by atoms with Crippen molar-refractivity contribution in [2.75, 3.05) is 6.54 Å². The van der Waals surface area contributed by atoms with Gasteiger partial charge in [0.1, 0.15) is 6.10 Å². The number of ether oxygens (including phenoxy) is 1. The van der Waals surface area contributed by atoms with Crippen LogP contribution >= 0.6 is 0 Å². The number of aryl methyl sites for hydroxylation is 1. The van der Waals surface area contributed by atoms with Gasteiger partial charge in [0.25, 0.3) is 5.89 Å². The molecular weight excluding hydrogens is 270 g/mol. The third-order valence-corrected chi connectivity index (χ3v) is 3.64. The first kappa shape index (κ1) is 14.2. The van der Waals surface area contributed by atoms with E-state index in [1.807, 2.05) is 23.9 Å². The van der Waals surface area contributed by atoms with Crippen LogP contribution in [-0.2, 0) is 11.3 Å². The Morgan fingerprint density at radius 1 is 1.48 bits per heavy atom. The second kappa shape index (κ2) is 6.36. The van der Waals surface area contributed by atoms with Gasteiger partial charge in [-0.15, -0.1) is 0 Å². The van der Waals surface area contributed by atoms with Crippen LogP contribution < -0.4 is 5.32 Å². The van der Waals surface area contributed by atoms with Crippen molar-refractivity contribution in [1.82, 2.24) is 25.2 Å². The van der Waals surface area contributed by atoms with Gasteiger partial charge < -0.3 is 14.6 Å². The summed E-state index contributed by atoms with van der Waals surface area (Å²) in [5.41, 5.74) is 0. The zero-order valence-electron chi connectivity index (χ0n) is 12.4. The minimum absolute atomic E-state index is 0.0561. The standard InChI is InChI=1S/C14H21N5O2/c1-10(9-19-7-3-6-16-19)15-8-12-4-5-13(20-12)14-17-11(2)18-21-14/h3,6-7,10,12-13,15H,4-5,8-9H2,1-2H3/t10-,12-,13+/m1/s1. The minimum Gasteiger partial charge on any atom is -0.364 e. The van der Waals surface area contributed by atoms with E-state index in [1.54, 1.807) is 6.20 Å². The monoisotopic (exact) mass is 291 g/mol. The van der Waals surface area contributed by atoms with Crippen LogP contribution in [0.4, 0.5) is 0 Å². The average Bonchev–Trinajstić information content (AvgIpc) is 3.17. The van der Waals surface area contributed by atoms with Crippen LogP contribution in [0.2, 0.25) is 0 Å². The lowest BCUT2D eigenvalue weighted by molar-refractivity contribution is 0.0252. The highest BCUT2D eigenvalue weighted by Crippen LogP contribution is 2.31. The molecule has 7 nitrogen and oxygen atoms in total. The zero-order valence-corrected chi connectivity index (χ0v) is 12.4. The van der Waals surface area contributed by atoms with Crippen molar-refractivity contribution < 1.29 is 9.26 Å². The fourth-order valence-electron chi connectivity index (χ4n) is 2.57. The molecule has 0 spiro atoms. The first-order chi connectivity index (χ1) is 10.2. The maximum absolute atomic E-state index is 5.97. The second-order valence-corrected chi connectivity index (χ2v) is 5.54. The van der Waals surface area contributed by atoms with Gasteiger partial charge in [0.15, 0.2) is 5.82 Å². The molecule has 3 heterocycles. The summed E-state index contributed by atoms with van der Waals surface area (Å²) < 4.78 is 13.1. The Kier molecular flexibility index (Phi) is 4.31. The normalized spacial score (nSPS) is 23.5. The van der Waals surface area contributed by atoms with Crippen LogP contribution in [0.15, 0.2) is 23.0 Å². The van der Waals surface area contributed by atoms with E-state index in [0.29, 0.717) is 17.8 Å². The zero-order chi connectivity index (χ0) is 14.7. The molecule has 1 fully saturated rings. The molecule has 21 heavy (non-hydrogen) atoms. The largest absolute Gasteiger partial charge is 0.364 e. The van der Waals surface area contributed by atoms with Gasteiger partial charge in [-0.1, -0.05) is 5.16 Å². The molecule has 3 rings (SSSR count). The highest BCUT2D eigenvalue weighted by molar-refractivity contribution is 4.92. The summed E-state index contributed by atoms with van der Waals surface area (Å²) in [5.74, 6) is 1.25. The number of aromatic nitrogens is 4. The molecule has 1 aliphatic rings. The van der Waals surface area contributed by atoms with Crippen molar-refractivity contribution in [3.63, 3.8) is 0 Å². The van der Waals surface area contributed by atoms with Gasteiger partial charge >= 0.3 is 0 Å². The van der Waals surface area contributed by atoms with Crippen molar-refractivity contribution in [3.05, 3.63) is 30.2 Å². The molecule has 0 aromatic carbocycles. The number of nitrogens with one attached hydrogen (secondary N) is 1. The highest BCUT2D eigenvalue weighted by atomic mass is 16.5. The fourth-order valence-corrected chi connectivity index (χ4v) is 2.57. The lowest BCUT2D eigenvalue weighted by Crippen LogP contribution is -2.36. The summed E-state index contributed by atoms with van der Waals surface area (Å²) in [6.07, 6.45) is 5.85. The summed E-state index contributed by atoms with van der Waals surface area (Å²) in [6.45, 7) is 5.64. The van der Waals surface area contributed by atoms with E-state index >= 15 is 0 Å². The molecule has 0 radical (unpaired) electrons. The maximum atomic E-state index is 5.97. The van der Waals surface area contributed by atoms with Crippen LogP contribution in [0, 0.1) is 6.92 Å². The third-order valence-electron chi connectivity index (χ3n) is 3.64. The highest BCUT2D eigenvalue weighted by Gasteiger charge is 2.30. The van der Waals surface area contributed by atoms with E-state index in [2.05, 4.69) is 27.5 Å². The first-order valence-corrected chi connectivity index (χ1v) is 7.37. The van der Waals surface area contributed by atoms with Gasteiger partial charge in [0, 0.05) is 25.0 Å². The molecule has 7 heteroatoms. The number of rotatable bonds is 6. The Bertz CT molecular complexity index is 553. The lowest BCUT2D eigenvalue weighted by Gasteiger charge is -2.17. The Morgan fingerprint density at radius 3 is 3.10 bits per heavy atom. The molecule has 0 bridgehead atoms. The predicted octanol–water partition coefficient (Wildman–Crippen LogP) is 1.47. The van der Waals surface area contributed by atoms with Crippen molar-refractivity contribution in [2.24, 2.45) is 0 Å². The summed E-state index contributed by atoms with van der Waals surface area (Å²) in [4.78, 5) is 4.24. The van der Waals surface area contributed by atoms with Gasteiger partial charge in [-0.2, -0.15) is 10.1 Å². The van der Waals surface area contributed by atoms with Gasteiger partial charge in [-0.25, -0.2) is 0 Å². The molecule has 0 unspecified atom stereocenters. The Balaban J connectivity index is 1.42. The number of hydrogen-bond donors (Lipinski definition) is 1. The summed E-state index contributed by atoms with van der Waals surface area (Å²) in [5, 5.41) is 11.5. The molecule has 1 saturated heterocycles. The first-order valence-electron chi connectivity index (χ1n) is 7.37. The fraction of sp³-hybridized carbons (Fsp3) is 0.643. The predicted molar refractivity (Wildman–Crippen MR) is 75.6 cm³/mol. The van der Waals surface area contributed by atoms with Gasteiger partial charge in [-0.05, 0) is 32.8 Å². The van der Waals surface area contributed by atoms with E-state index < -0.39 is 0 Å². The van der Waals surface area contributed by atoms with Crippen molar-refractivity contribution >= 4 is 0 Å². The quantitative estimate of drug-likeness (QED) is 0.868. The molecule has 3 atom stereocenters. The van der Waals surface area contributed by atoms with Crippen LogP contribution in [0.3, 0.4) is 0 Å². The van der Waals surface area contributed by atoms with Crippen molar-refractivity contribution in [2.45, 2.75) is 51.5 Å². The molecule has 114 valence electrons. The molecule has 1 N–H and O–H groups in total. The molecule has 2 aromatic heterocycles. The van der Waals surface area contributed by atoms with E-state index in [1.165, 1.54) is 0 Å². The SMILES string of the molecule is Cc1noc([C@@H]2CC[C@H](CN[C@H](C)Cn3cccn3)O2)n1. The molecular formula is C14H21N5O2. The Labute approximate surface area is 123 Å². The van der Waals surface area contributed by atoms with Crippen LogP contribution in [0.5, 0.6) is 0 Å². The van der Waals surface area contributed by atoms with Crippen LogP contribution in [-0.4, -0.2) is 38.6 Å². The molecule has 0 aliphatic carbocycles. The van der Waals surface area contributed by atoms with Crippen molar-refractivity contribution in [3.8, 4) is 0 Å². The topological polar surface area (TPSA) is 78.0 Å². The lowest BCUT2D eigenvalue weighted by atomic mass is 10.2. The minimum atomic E-state index is -0.0561. The molecule has 0 amide bonds. The number of hydrogen-bond acceptors (Lipinski definition) is 6. The summed E-state index contributed by atoms with van der Waals surface area (Å²) in [7, 11) is 0. The van der Waals surface area contributed by atoms with Gasteiger partial charge in [-0.3, -0.25) is 4.68 Å². The Hall–Kier alpha value is -1.73. The second-order valence-electron chi connectivity index (χ2n) is 5.54. The summed E-state index contributed by atoms with van der Waals surface area (Å²) >= 11 is 0. The third kappa shape index (κ3) is 3.68. The smallest absolute Gasteiger partial charge is 0.255 e. The van der Waals surface area contributed by atoms with Crippen LogP contribution in [0.1, 0.15) is 37.6 Å². The summed E-state index contributed by atoms with van der Waals surface area (Å²) in [6, 6.07) is 2.28. The van der Waals surface area contributed by atoms with E-state index in [4.69, 9.17) is 9.26 Å². The maximum Gasteiger partial charge on any atom is 0.255 e. The average molecular weight is 291 g/mol. The van der Waals surface area contributed by atoms with Gasteiger partial charge in [0.2, 0.25) is 0 Å². The molecule has 0 saturated carbocycles. The van der Waals surface area contributed by atoms with Gasteiger partial charge in [0.05, 0.1) is 12.6 Å². The van der Waals surface area contributed by atoms with E-state index in [0.717, 1.165) is 25.9 Å². The van der Waals surface area contributed by atoms with Crippen molar-refractivity contribution in [1.29, 1.82) is 0 Å². The Morgan fingerprint density at radius 2 is 2.38 bits per heavy atom. The molecule has 1 aliphatic heterocycles. The number of nitrogens with zero attached hydrogens (tertiary/aromatic N) is 4. The van der Waals surface area contributed by atoms with E-state index in [-0.39, 0.29) is 12.2 Å². The molecule has 2 aromatic rings. The van der Waals surface area contributed by atoms with E-state index in [9.17, 15) is 0 Å².